The molecule has 0 saturated carbocycles. The van der Waals surface area contributed by atoms with E-state index in [2.05, 4.69) is 13.8 Å². The number of carbonyl (C=O) groups excluding carboxylic acids is 2. The minimum absolute atomic E-state index is 0.0890. The largest absolute Gasteiger partial charge is 0.507 e. The first-order chi connectivity index (χ1) is 15.9. The number of ether oxygens (including phenoxy) is 1. The summed E-state index contributed by atoms with van der Waals surface area (Å²) in [4.78, 5) is 27.8. The van der Waals surface area contributed by atoms with E-state index in [0.29, 0.717) is 31.1 Å². The highest BCUT2D eigenvalue weighted by molar-refractivity contribution is 6.46. The lowest BCUT2D eigenvalue weighted by atomic mass is 9.88. The first-order valence-corrected chi connectivity index (χ1v) is 11.9. The molecule has 1 heterocycles. The van der Waals surface area contributed by atoms with Gasteiger partial charge in [0.1, 0.15) is 5.76 Å². The Hall–Kier alpha value is -2.92. The van der Waals surface area contributed by atoms with Crippen LogP contribution in [-0.4, -0.2) is 42.0 Å². The molecule has 1 unspecified atom stereocenters. The zero-order valence-corrected chi connectivity index (χ0v) is 19.8. The van der Waals surface area contributed by atoms with Crippen LogP contribution in [0.25, 0.3) is 5.76 Å². The molecule has 174 valence electrons. The fraction of sp³-hybridized carbons (Fsp3) is 0.429. The number of hydrogen-bond acceptors (Lipinski definition) is 4. The van der Waals surface area contributed by atoms with Crippen LogP contribution >= 0.6 is 0 Å². The van der Waals surface area contributed by atoms with Gasteiger partial charge in [0, 0.05) is 25.8 Å². The van der Waals surface area contributed by atoms with E-state index in [0.717, 1.165) is 24.8 Å². The number of aliphatic hydroxyl groups is 1. The quantitative estimate of drug-likeness (QED) is 0.276. The van der Waals surface area contributed by atoms with E-state index in [1.807, 2.05) is 42.5 Å². The van der Waals surface area contributed by atoms with Crippen LogP contribution in [0.15, 0.2) is 48.0 Å². The lowest BCUT2D eigenvalue weighted by molar-refractivity contribution is -0.140. The SMILES string of the molecule is COCCCN1C(=O)C(=O)/C(=C(\O)c2ccc3c(c2)CCCC3)C1c1ccc(C(C)C)cc1. The van der Waals surface area contributed by atoms with Crippen LogP contribution in [0.5, 0.6) is 0 Å². The van der Waals surface area contributed by atoms with Crippen LogP contribution in [0, 0.1) is 0 Å². The van der Waals surface area contributed by atoms with Crippen LogP contribution in [0.3, 0.4) is 0 Å². The van der Waals surface area contributed by atoms with E-state index < -0.39 is 17.7 Å². The first-order valence-electron chi connectivity index (χ1n) is 11.9. The Kier molecular flexibility index (Phi) is 6.99. The summed E-state index contributed by atoms with van der Waals surface area (Å²) in [5, 5.41) is 11.3. The number of aryl methyl sites for hydroxylation is 2. The van der Waals surface area contributed by atoms with E-state index in [-0.39, 0.29) is 11.3 Å². The van der Waals surface area contributed by atoms with Crippen molar-refractivity contribution in [2.75, 3.05) is 20.3 Å². The Labute approximate surface area is 196 Å². The summed E-state index contributed by atoms with van der Waals surface area (Å²) in [5.74, 6) is -0.902. The van der Waals surface area contributed by atoms with Gasteiger partial charge < -0.3 is 14.7 Å². The fourth-order valence-electron chi connectivity index (χ4n) is 4.94. The van der Waals surface area contributed by atoms with Gasteiger partial charge in [-0.25, -0.2) is 0 Å². The van der Waals surface area contributed by atoms with Crippen molar-refractivity contribution in [2.24, 2.45) is 0 Å². The molecule has 4 rings (SSSR count). The molecule has 2 aliphatic rings. The first kappa shape index (κ1) is 23.2. The number of hydrogen-bond donors (Lipinski definition) is 1. The molecule has 33 heavy (non-hydrogen) atoms. The lowest BCUT2D eigenvalue weighted by Crippen LogP contribution is -2.31. The molecule has 2 aromatic carbocycles. The maximum atomic E-state index is 13.2. The van der Waals surface area contributed by atoms with Gasteiger partial charge in [-0.2, -0.15) is 0 Å². The molecule has 0 spiro atoms. The fourth-order valence-corrected chi connectivity index (χ4v) is 4.94. The summed E-state index contributed by atoms with van der Waals surface area (Å²) >= 11 is 0. The van der Waals surface area contributed by atoms with Crippen LogP contribution < -0.4 is 0 Å². The Morgan fingerprint density at radius 1 is 1.06 bits per heavy atom. The smallest absolute Gasteiger partial charge is 0.295 e. The molecule has 1 N–H and O–H groups in total. The highest BCUT2D eigenvalue weighted by Crippen LogP contribution is 2.40. The van der Waals surface area contributed by atoms with Gasteiger partial charge in [-0.1, -0.05) is 50.2 Å². The summed E-state index contributed by atoms with van der Waals surface area (Å²) < 4.78 is 5.16. The van der Waals surface area contributed by atoms with Crippen molar-refractivity contribution in [3.05, 3.63) is 75.9 Å². The van der Waals surface area contributed by atoms with Crippen molar-refractivity contribution < 1.29 is 19.4 Å². The molecule has 5 nitrogen and oxygen atoms in total. The highest BCUT2D eigenvalue weighted by atomic mass is 16.5. The third-order valence-electron chi connectivity index (χ3n) is 6.83. The zero-order valence-electron chi connectivity index (χ0n) is 19.8. The molecular weight excluding hydrogens is 414 g/mol. The van der Waals surface area contributed by atoms with Gasteiger partial charge >= 0.3 is 0 Å². The third kappa shape index (κ3) is 4.60. The second-order valence-corrected chi connectivity index (χ2v) is 9.35. The van der Waals surface area contributed by atoms with Crippen LogP contribution in [0.2, 0.25) is 0 Å². The molecule has 1 aliphatic heterocycles. The van der Waals surface area contributed by atoms with Crippen molar-refractivity contribution in [3.8, 4) is 0 Å². The zero-order chi connectivity index (χ0) is 23.5. The average molecular weight is 448 g/mol. The topological polar surface area (TPSA) is 66.8 Å². The molecule has 0 bridgehead atoms. The standard InChI is InChI=1S/C28H33NO4/c1-18(2)19-9-12-21(13-10-19)25-24(27(31)28(32)29(25)15-6-16-33-3)26(30)23-14-11-20-7-4-5-8-22(20)17-23/h9-14,17-18,25,30H,4-8,15-16H2,1-3H3/b26-24-. The van der Waals surface area contributed by atoms with E-state index in [9.17, 15) is 14.7 Å². The van der Waals surface area contributed by atoms with Gasteiger partial charge in [-0.05, 0) is 66.3 Å². The number of amides is 1. The number of Topliss-reactive ketones (excluding diaryl/α,β-unsaturated/α-hetero) is 1. The van der Waals surface area contributed by atoms with Gasteiger partial charge in [-0.15, -0.1) is 0 Å². The van der Waals surface area contributed by atoms with Crippen LogP contribution in [0.4, 0.5) is 0 Å². The number of nitrogens with zero attached hydrogens (tertiary/aromatic N) is 1. The molecule has 1 amide bonds. The van der Waals surface area contributed by atoms with Gasteiger partial charge in [0.15, 0.2) is 0 Å². The third-order valence-corrected chi connectivity index (χ3v) is 6.83. The van der Waals surface area contributed by atoms with Crippen molar-refractivity contribution in [3.63, 3.8) is 0 Å². The minimum atomic E-state index is -0.624. The normalized spacial score (nSPS) is 19.9. The summed E-state index contributed by atoms with van der Waals surface area (Å²) in [6.45, 7) is 5.13. The highest BCUT2D eigenvalue weighted by Gasteiger charge is 2.45. The Bertz CT molecular complexity index is 1070. The predicted octanol–water partition coefficient (Wildman–Crippen LogP) is 5.15. The number of carbonyl (C=O) groups is 2. The number of ketones is 1. The van der Waals surface area contributed by atoms with Crippen LogP contribution in [0.1, 0.15) is 72.9 Å². The lowest BCUT2D eigenvalue weighted by Gasteiger charge is -2.26. The minimum Gasteiger partial charge on any atom is -0.507 e. The number of likely N-dealkylation sites (tertiary alicyclic amines) is 1. The van der Waals surface area contributed by atoms with Gasteiger partial charge in [0.25, 0.3) is 11.7 Å². The molecule has 1 atom stereocenters. The summed E-state index contributed by atoms with van der Waals surface area (Å²) in [6.07, 6.45) is 4.94. The second kappa shape index (κ2) is 9.92. The Balaban J connectivity index is 1.79. The van der Waals surface area contributed by atoms with Crippen molar-refractivity contribution in [1.29, 1.82) is 0 Å². The van der Waals surface area contributed by atoms with Crippen LogP contribution in [-0.2, 0) is 27.2 Å². The number of aliphatic hydroxyl groups excluding tert-OH is 1. The Morgan fingerprint density at radius 2 is 1.76 bits per heavy atom. The molecular formula is C28H33NO4. The Morgan fingerprint density at radius 3 is 2.42 bits per heavy atom. The predicted molar refractivity (Wildman–Crippen MR) is 129 cm³/mol. The van der Waals surface area contributed by atoms with E-state index >= 15 is 0 Å². The van der Waals surface area contributed by atoms with Crippen molar-refractivity contribution in [1.82, 2.24) is 4.90 Å². The molecule has 0 aromatic heterocycles. The number of benzene rings is 2. The molecule has 1 aliphatic carbocycles. The van der Waals surface area contributed by atoms with Gasteiger partial charge in [0.05, 0.1) is 11.6 Å². The van der Waals surface area contributed by atoms with Gasteiger partial charge in [0.2, 0.25) is 0 Å². The van der Waals surface area contributed by atoms with E-state index in [1.165, 1.54) is 23.1 Å². The molecule has 5 heteroatoms. The molecule has 1 fully saturated rings. The van der Waals surface area contributed by atoms with Gasteiger partial charge in [-0.3, -0.25) is 9.59 Å². The molecule has 2 aromatic rings. The molecule has 0 radical (unpaired) electrons. The van der Waals surface area contributed by atoms with Crippen molar-refractivity contribution >= 4 is 17.4 Å². The van der Waals surface area contributed by atoms with E-state index in [4.69, 9.17) is 4.74 Å². The number of methoxy groups -OCH3 is 1. The average Bonchev–Trinajstić information content (AvgIpc) is 3.08. The summed E-state index contributed by atoms with van der Waals surface area (Å²) in [6, 6.07) is 13.3. The summed E-state index contributed by atoms with van der Waals surface area (Å²) in [7, 11) is 1.62. The molecule has 1 saturated heterocycles. The maximum absolute atomic E-state index is 13.2. The van der Waals surface area contributed by atoms with Crippen molar-refractivity contribution in [2.45, 2.75) is 57.9 Å². The monoisotopic (exact) mass is 447 g/mol. The number of rotatable bonds is 7. The number of fused-ring (bicyclic) bond motifs is 1. The maximum Gasteiger partial charge on any atom is 0.295 e. The van der Waals surface area contributed by atoms with E-state index in [1.54, 1.807) is 12.0 Å². The summed E-state index contributed by atoms with van der Waals surface area (Å²) in [5.41, 5.74) is 5.32. The second-order valence-electron chi connectivity index (χ2n) is 9.35.